The van der Waals surface area contributed by atoms with Gasteiger partial charge in [0, 0.05) is 5.56 Å². The van der Waals surface area contributed by atoms with E-state index in [4.69, 9.17) is 14.7 Å². The number of nitrogens with zero attached hydrogens (tertiary/aromatic N) is 1. The molecule has 2 N–H and O–H groups in total. The number of amides is 1. The first-order valence-corrected chi connectivity index (χ1v) is 5.92. The smallest absolute Gasteiger partial charge is 0.493 e. The van der Waals surface area contributed by atoms with E-state index >= 15 is 0 Å². The largest absolute Gasteiger partial charge is 0.573 e. The monoisotopic (exact) mass is 336 g/mol. The van der Waals surface area contributed by atoms with Crippen LogP contribution in [-0.4, -0.2) is 43.1 Å². The highest BCUT2D eigenvalue weighted by molar-refractivity contribution is 5.98. The summed E-state index contributed by atoms with van der Waals surface area (Å²) in [6.07, 6.45) is -4.89. The van der Waals surface area contributed by atoms with Crippen molar-refractivity contribution in [3.8, 4) is 11.5 Å². The molecule has 1 atom stereocenters. The number of carbonyl (C=O) groups excluding carboxylic acids is 1. The Kier molecular flexibility index (Phi) is 5.79. The van der Waals surface area contributed by atoms with Crippen molar-refractivity contribution in [1.82, 2.24) is 5.48 Å². The molecular weight excluding hydrogens is 321 g/mol. The van der Waals surface area contributed by atoms with Crippen molar-refractivity contribution in [3.63, 3.8) is 0 Å². The molecule has 0 spiro atoms. The lowest BCUT2D eigenvalue weighted by Gasteiger charge is -2.13. The Bertz CT molecular complexity index is 604. The molecule has 23 heavy (non-hydrogen) atoms. The highest BCUT2D eigenvalue weighted by atomic mass is 19.4. The summed E-state index contributed by atoms with van der Waals surface area (Å²) in [5.41, 5.74) is 1.59. The predicted octanol–water partition coefficient (Wildman–Crippen LogP) is 1.88. The van der Waals surface area contributed by atoms with Gasteiger partial charge in [0.15, 0.2) is 17.5 Å². The summed E-state index contributed by atoms with van der Waals surface area (Å²) in [4.78, 5) is 15.1. The van der Waals surface area contributed by atoms with Crippen molar-refractivity contribution in [2.75, 3.05) is 13.7 Å². The molecule has 1 heterocycles. The third-order valence-corrected chi connectivity index (χ3v) is 2.70. The van der Waals surface area contributed by atoms with Gasteiger partial charge in [-0.2, -0.15) is 0 Å². The maximum atomic E-state index is 12.4. The number of alkyl halides is 3. The lowest BCUT2D eigenvalue weighted by atomic mass is 10.2. The Balaban J connectivity index is 0.00000264. The normalized spacial score (nSPS) is 16.7. The maximum Gasteiger partial charge on any atom is 0.573 e. The molecule has 0 unspecified atom stereocenters. The van der Waals surface area contributed by atoms with Crippen LogP contribution in [0.1, 0.15) is 13.0 Å². The summed E-state index contributed by atoms with van der Waals surface area (Å²) in [5, 5.41) is 8.51. The van der Waals surface area contributed by atoms with E-state index in [1.165, 1.54) is 24.7 Å². The number of rotatable bonds is 4. The van der Waals surface area contributed by atoms with Crippen LogP contribution >= 0.6 is 0 Å². The van der Waals surface area contributed by atoms with Crippen LogP contribution in [0.3, 0.4) is 0 Å². The second-order valence-electron chi connectivity index (χ2n) is 4.15. The summed E-state index contributed by atoms with van der Waals surface area (Å²) in [7, 11) is 1.20. The zero-order chi connectivity index (χ0) is 16.3. The number of halogens is 3. The fourth-order valence-corrected chi connectivity index (χ4v) is 1.75. The van der Waals surface area contributed by atoms with Crippen molar-refractivity contribution in [2.24, 2.45) is 4.99 Å². The molecule has 0 aliphatic carbocycles. The summed E-state index contributed by atoms with van der Waals surface area (Å²) in [5.74, 6) is -1.50. The Hall–Kier alpha value is -2.49. The van der Waals surface area contributed by atoms with Crippen molar-refractivity contribution in [2.45, 2.75) is 19.8 Å². The minimum atomic E-state index is -4.89. The van der Waals surface area contributed by atoms with E-state index in [1.807, 2.05) is 0 Å². The van der Waals surface area contributed by atoms with E-state index in [0.717, 1.165) is 6.07 Å². The minimum Gasteiger partial charge on any atom is -0.493 e. The third-order valence-electron chi connectivity index (χ3n) is 2.70. The quantitative estimate of drug-likeness (QED) is 0.647. The van der Waals surface area contributed by atoms with Gasteiger partial charge < -0.3 is 14.2 Å². The van der Waals surface area contributed by atoms with Crippen LogP contribution in [0.15, 0.2) is 23.2 Å². The van der Waals surface area contributed by atoms with Crippen LogP contribution in [0.4, 0.5) is 13.2 Å². The molecule has 0 aromatic heterocycles. The molecule has 1 aromatic carbocycles. The maximum absolute atomic E-state index is 12.4. The van der Waals surface area contributed by atoms with Gasteiger partial charge in [0.1, 0.15) is 6.61 Å². The molecular formula is C13H15F3N2O5. The molecule has 0 saturated heterocycles. The number of benzene rings is 1. The van der Waals surface area contributed by atoms with Gasteiger partial charge in [0.2, 0.25) is 5.90 Å². The Labute approximate surface area is 129 Å². The number of ether oxygens (including phenoxy) is 3. The summed E-state index contributed by atoms with van der Waals surface area (Å²) < 4.78 is 50.9. The van der Waals surface area contributed by atoms with Gasteiger partial charge in [-0.15, -0.1) is 13.2 Å². The molecule has 0 fully saturated rings. The molecule has 7 nitrogen and oxygen atoms in total. The third kappa shape index (κ3) is 4.49. The number of methoxy groups -OCH3 is 1. The summed E-state index contributed by atoms with van der Waals surface area (Å²) in [6, 6.07) is 2.71. The zero-order valence-electron chi connectivity index (χ0n) is 11.2. The van der Waals surface area contributed by atoms with Crippen LogP contribution in [0.5, 0.6) is 11.5 Å². The standard InChI is InChI=1S/C12H11F3N2O5.CH4/c1-20-8-3-2-6(4-9(8)22-12(13,14)15)11-16-7(5-21-11)10(18)17-19;/h2-4,7,19H,5H2,1H3,(H,17,18);1H4/t7-;/m0./s1. The molecule has 0 saturated carbocycles. The van der Waals surface area contributed by atoms with E-state index in [9.17, 15) is 18.0 Å². The van der Waals surface area contributed by atoms with Gasteiger partial charge in [-0.25, -0.2) is 10.5 Å². The average molecular weight is 336 g/mol. The van der Waals surface area contributed by atoms with E-state index in [-0.39, 0.29) is 31.2 Å². The van der Waals surface area contributed by atoms with Gasteiger partial charge in [-0.3, -0.25) is 10.0 Å². The summed E-state index contributed by atoms with van der Waals surface area (Å²) in [6.45, 7) is -0.136. The first-order valence-electron chi connectivity index (χ1n) is 5.92. The van der Waals surface area contributed by atoms with Crippen LogP contribution in [0, 0.1) is 0 Å². The van der Waals surface area contributed by atoms with Crippen LogP contribution in [0.25, 0.3) is 0 Å². The van der Waals surface area contributed by atoms with E-state index in [2.05, 4.69) is 9.73 Å². The molecule has 0 bridgehead atoms. The molecule has 128 valence electrons. The lowest BCUT2D eigenvalue weighted by Crippen LogP contribution is -2.31. The Morgan fingerprint density at radius 3 is 2.70 bits per heavy atom. The highest BCUT2D eigenvalue weighted by Gasteiger charge is 2.33. The number of hydrogen-bond acceptors (Lipinski definition) is 6. The lowest BCUT2D eigenvalue weighted by molar-refractivity contribution is -0.275. The van der Waals surface area contributed by atoms with Crippen molar-refractivity contribution in [1.29, 1.82) is 0 Å². The number of hydrogen-bond donors (Lipinski definition) is 2. The Morgan fingerprint density at radius 1 is 1.43 bits per heavy atom. The van der Waals surface area contributed by atoms with Crippen molar-refractivity contribution < 1.29 is 37.4 Å². The predicted molar refractivity (Wildman–Crippen MR) is 72.6 cm³/mol. The minimum absolute atomic E-state index is 0. The second kappa shape index (κ2) is 7.18. The van der Waals surface area contributed by atoms with Crippen LogP contribution in [0.2, 0.25) is 0 Å². The van der Waals surface area contributed by atoms with E-state index < -0.39 is 24.1 Å². The molecule has 2 rings (SSSR count). The molecule has 1 amide bonds. The molecule has 1 aromatic rings. The molecule has 0 radical (unpaired) electrons. The van der Waals surface area contributed by atoms with Crippen LogP contribution < -0.4 is 15.0 Å². The van der Waals surface area contributed by atoms with Gasteiger partial charge >= 0.3 is 6.36 Å². The number of aliphatic imine (C=N–C) groups is 1. The first kappa shape index (κ1) is 18.6. The van der Waals surface area contributed by atoms with Gasteiger partial charge in [0.05, 0.1) is 7.11 Å². The molecule has 1 aliphatic rings. The molecule has 1 aliphatic heterocycles. The molecule has 10 heteroatoms. The fourth-order valence-electron chi connectivity index (χ4n) is 1.75. The average Bonchev–Trinajstić information content (AvgIpc) is 2.94. The highest BCUT2D eigenvalue weighted by Crippen LogP contribution is 2.33. The SMILES string of the molecule is C.COc1ccc(C2=N[C@H](C(=O)NO)CO2)cc1OC(F)(F)F. The number of hydroxylamine groups is 1. The fraction of sp³-hybridized carbons (Fsp3) is 0.385. The Morgan fingerprint density at radius 2 is 2.13 bits per heavy atom. The van der Waals surface area contributed by atoms with Gasteiger partial charge in [-0.05, 0) is 18.2 Å². The number of nitrogens with one attached hydrogen (secondary N) is 1. The number of carbonyl (C=O) groups is 1. The summed E-state index contributed by atoms with van der Waals surface area (Å²) >= 11 is 0. The van der Waals surface area contributed by atoms with E-state index in [1.54, 1.807) is 0 Å². The van der Waals surface area contributed by atoms with Gasteiger partial charge in [-0.1, -0.05) is 7.43 Å². The van der Waals surface area contributed by atoms with E-state index in [0.29, 0.717) is 0 Å². The topological polar surface area (TPSA) is 89.4 Å². The van der Waals surface area contributed by atoms with Gasteiger partial charge in [0.25, 0.3) is 5.91 Å². The second-order valence-corrected chi connectivity index (χ2v) is 4.15. The van der Waals surface area contributed by atoms with Crippen molar-refractivity contribution in [3.05, 3.63) is 23.8 Å². The first-order chi connectivity index (χ1) is 10.3. The van der Waals surface area contributed by atoms with Crippen molar-refractivity contribution >= 4 is 11.8 Å². The zero-order valence-corrected chi connectivity index (χ0v) is 11.2. The van der Waals surface area contributed by atoms with Crippen LogP contribution in [-0.2, 0) is 9.53 Å².